The van der Waals surface area contributed by atoms with Crippen LogP contribution in [0.2, 0.25) is 0 Å². The number of pyridine rings is 1. The maximum absolute atomic E-state index is 10.7. The van der Waals surface area contributed by atoms with Gasteiger partial charge >= 0.3 is 5.97 Å². The van der Waals surface area contributed by atoms with Crippen LogP contribution in [0.5, 0.6) is 0 Å². The molecule has 2 rings (SSSR count). The predicted molar refractivity (Wildman–Crippen MR) is 55.4 cm³/mol. The third-order valence-corrected chi connectivity index (χ3v) is 2.77. The minimum atomic E-state index is -0.759. The van der Waals surface area contributed by atoms with Gasteiger partial charge in [-0.15, -0.1) is 0 Å². The number of nitrogens with zero attached hydrogens (tertiary/aromatic N) is 2. The molecule has 1 saturated heterocycles. The summed E-state index contributed by atoms with van der Waals surface area (Å²) in [6, 6.07) is 4.14. The van der Waals surface area contributed by atoms with Crippen LogP contribution in [0.3, 0.4) is 0 Å². The number of carboxylic acid groups (broad SMARTS) is 1. The molecule has 1 aliphatic rings. The van der Waals surface area contributed by atoms with E-state index in [1.807, 2.05) is 23.2 Å². The molecule has 15 heavy (non-hydrogen) atoms. The van der Waals surface area contributed by atoms with Crippen LogP contribution in [0.1, 0.15) is 24.4 Å². The molecule has 0 amide bonds. The van der Waals surface area contributed by atoms with Gasteiger partial charge in [0, 0.05) is 18.4 Å². The molecule has 1 unspecified atom stereocenters. The molecule has 1 atom stereocenters. The van der Waals surface area contributed by atoms with Crippen LogP contribution in [-0.4, -0.2) is 34.0 Å². The molecule has 1 fully saturated rings. The maximum atomic E-state index is 10.7. The normalized spacial score (nSPS) is 21.7. The highest BCUT2D eigenvalue weighted by atomic mass is 16.4. The van der Waals surface area contributed by atoms with Gasteiger partial charge in [0.15, 0.2) is 0 Å². The predicted octanol–water partition coefficient (Wildman–Crippen LogP) is 1.30. The molecular formula is C11H14N2O2. The van der Waals surface area contributed by atoms with Gasteiger partial charge in [-0.05, 0) is 31.0 Å². The van der Waals surface area contributed by atoms with E-state index >= 15 is 0 Å². The van der Waals surface area contributed by atoms with Crippen molar-refractivity contribution in [2.75, 3.05) is 13.1 Å². The van der Waals surface area contributed by atoms with E-state index in [1.54, 1.807) is 6.20 Å². The van der Waals surface area contributed by atoms with E-state index in [0.717, 1.165) is 24.9 Å². The fourth-order valence-electron chi connectivity index (χ4n) is 2.14. The Labute approximate surface area is 88.6 Å². The number of carbonyl (C=O) groups is 1. The zero-order valence-electron chi connectivity index (χ0n) is 8.47. The Hall–Kier alpha value is -1.42. The summed E-state index contributed by atoms with van der Waals surface area (Å²) in [5.74, 6) is -0.759. The fraction of sp³-hybridized carbons (Fsp3) is 0.455. The lowest BCUT2D eigenvalue weighted by atomic mass is 10.1. The summed E-state index contributed by atoms with van der Waals surface area (Å²) < 4.78 is 0. The van der Waals surface area contributed by atoms with Crippen molar-refractivity contribution < 1.29 is 9.90 Å². The van der Waals surface area contributed by atoms with Gasteiger partial charge in [0.1, 0.15) is 0 Å². The second-order valence-corrected chi connectivity index (χ2v) is 3.81. The summed E-state index contributed by atoms with van der Waals surface area (Å²) in [5, 5.41) is 8.78. The number of hydrogen-bond donors (Lipinski definition) is 1. The van der Waals surface area contributed by atoms with Crippen molar-refractivity contribution in [1.82, 2.24) is 9.88 Å². The number of likely N-dealkylation sites (tertiary alicyclic amines) is 1. The van der Waals surface area contributed by atoms with Crippen molar-refractivity contribution in [1.29, 1.82) is 0 Å². The van der Waals surface area contributed by atoms with Crippen molar-refractivity contribution in [2.24, 2.45) is 0 Å². The summed E-state index contributed by atoms with van der Waals surface area (Å²) >= 11 is 0. The van der Waals surface area contributed by atoms with Crippen LogP contribution >= 0.6 is 0 Å². The van der Waals surface area contributed by atoms with Crippen molar-refractivity contribution in [3.8, 4) is 0 Å². The minimum Gasteiger partial charge on any atom is -0.480 e. The van der Waals surface area contributed by atoms with E-state index in [-0.39, 0.29) is 12.6 Å². The zero-order chi connectivity index (χ0) is 10.7. The molecule has 1 aromatic rings. The summed E-state index contributed by atoms with van der Waals surface area (Å²) in [4.78, 5) is 16.7. The second kappa shape index (κ2) is 4.40. The lowest BCUT2D eigenvalue weighted by molar-refractivity contribution is -0.138. The molecule has 0 bridgehead atoms. The highest BCUT2D eigenvalue weighted by molar-refractivity contribution is 5.69. The standard InChI is InChI=1S/C11H14N2O2/c14-11(15)8-13-6-2-4-10(13)9-3-1-5-12-7-9/h1,3,5,7,10H,2,4,6,8H2,(H,14,15). The molecule has 2 heterocycles. The van der Waals surface area contributed by atoms with E-state index < -0.39 is 5.97 Å². The van der Waals surface area contributed by atoms with E-state index in [1.165, 1.54) is 0 Å². The number of aliphatic carboxylic acids is 1. The van der Waals surface area contributed by atoms with Gasteiger partial charge in [0.25, 0.3) is 0 Å². The first-order chi connectivity index (χ1) is 7.27. The van der Waals surface area contributed by atoms with Crippen LogP contribution in [0.4, 0.5) is 0 Å². The van der Waals surface area contributed by atoms with E-state index in [4.69, 9.17) is 5.11 Å². The first kappa shape index (κ1) is 10.1. The maximum Gasteiger partial charge on any atom is 0.317 e. The number of aromatic nitrogens is 1. The van der Waals surface area contributed by atoms with Gasteiger partial charge in [-0.1, -0.05) is 6.07 Å². The molecular weight excluding hydrogens is 192 g/mol. The Kier molecular flexibility index (Phi) is 2.97. The molecule has 0 aliphatic carbocycles. The highest BCUT2D eigenvalue weighted by Crippen LogP contribution is 2.30. The zero-order valence-corrected chi connectivity index (χ0v) is 8.47. The summed E-state index contributed by atoms with van der Waals surface area (Å²) in [5.41, 5.74) is 1.12. The van der Waals surface area contributed by atoms with Crippen LogP contribution in [0, 0.1) is 0 Å². The SMILES string of the molecule is O=C(O)CN1CCCC1c1cccnc1. The minimum absolute atomic E-state index is 0.125. The molecule has 0 saturated carbocycles. The summed E-state index contributed by atoms with van der Waals surface area (Å²) in [6.07, 6.45) is 5.65. The molecule has 1 aliphatic heterocycles. The average Bonchev–Trinajstić information content (AvgIpc) is 2.66. The largest absolute Gasteiger partial charge is 0.480 e. The van der Waals surface area contributed by atoms with Crippen LogP contribution in [-0.2, 0) is 4.79 Å². The lowest BCUT2D eigenvalue weighted by Crippen LogP contribution is -2.29. The second-order valence-electron chi connectivity index (χ2n) is 3.81. The van der Waals surface area contributed by atoms with Crippen LogP contribution in [0.25, 0.3) is 0 Å². The van der Waals surface area contributed by atoms with Gasteiger partial charge in [-0.3, -0.25) is 14.7 Å². The Morgan fingerprint density at radius 1 is 1.67 bits per heavy atom. The Bertz CT molecular complexity index is 340. The lowest BCUT2D eigenvalue weighted by Gasteiger charge is -2.22. The van der Waals surface area contributed by atoms with Crippen molar-refractivity contribution in [3.05, 3.63) is 30.1 Å². The van der Waals surface area contributed by atoms with Crippen molar-refractivity contribution in [2.45, 2.75) is 18.9 Å². The first-order valence-electron chi connectivity index (χ1n) is 5.13. The summed E-state index contributed by atoms with van der Waals surface area (Å²) in [7, 11) is 0. The third kappa shape index (κ3) is 2.33. The average molecular weight is 206 g/mol. The van der Waals surface area contributed by atoms with E-state index in [2.05, 4.69) is 4.98 Å². The van der Waals surface area contributed by atoms with Gasteiger partial charge in [-0.2, -0.15) is 0 Å². The van der Waals surface area contributed by atoms with Crippen molar-refractivity contribution in [3.63, 3.8) is 0 Å². The Morgan fingerprint density at radius 2 is 2.53 bits per heavy atom. The highest BCUT2D eigenvalue weighted by Gasteiger charge is 2.27. The van der Waals surface area contributed by atoms with Gasteiger partial charge in [0.2, 0.25) is 0 Å². The molecule has 4 nitrogen and oxygen atoms in total. The fourth-order valence-corrected chi connectivity index (χ4v) is 2.14. The third-order valence-electron chi connectivity index (χ3n) is 2.77. The molecule has 1 N–H and O–H groups in total. The van der Waals surface area contributed by atoms with E-state index in [9.17, 15) is 4.79 Å². The quantitative estimate of drug-likeness (QED) is 0.810. The topological polar surface area (TPSA) is 53.4 Å². The van der Waals surface area contributed by atoms with Crippen LogP contribution in [0.15, 0.2) is 24.5 Å². The van der Waals surface area contributed by atoms with Gasteiger partial charge in [0.05, 0.1) is 6.54 Å². The number of rotatable bonds is 3. The molecule has 80 valence electrons. The smallest absolute Gasteiger partial charge is 0.317 e. The summed E-state index contributed by atoms with van der Waals surface area (Å²) in [6.45, 7) is 0.991. The molecule has 0 radical (unpaired) electrons. The first-order valence-corrected chi connectivity index (χ1v) is 5.13. The molecule has 1 aromatic heterocycles. The molecule has 0 aromatic carbocycles. The van der Waals surface area contributed by atoms with Gasteiger partial charge in [-0.25, -0.2) is 0 Å². The molecule has 4 heteroatoms. The van der Waals surface area contributed by atoms with Gasteiger partial charge < -0.3 is 5.11 Å². The van der Waals surface area contributed by atoms with Crippen molar-refractivity contribution >= 4 is 5.97 Å². The Balaban J connectivity index is 2.11. The molecule has 0 spiro atoms. The van der Waals surface area contributed by atoms with E-state index in [0.29, 0.717) is 0 Å². The Morgan fingerprint density at radius 3 is 3.20 bits per heavy atom. The monoisotopic (exact) mass is 206 g/mol. The van der Waals surface area contributed by atoms with Crippen LogP contribution < -0.4 is 0 Å². The number of carboxylic acids is 1. The number of hydrogen-bond acceptors (Lipinski definition) is 3.